The molecular weight excluding hydrogens is 426 g/mol. The number of amides is 2. The number of nitrogens with one attached hydrogen (secondary N) is 1. The van der Waals surface area contributed by atoms with Gasteiger partial charge >= 0.3 is 5.97 Å². The van der Waals surface area contributed by atoms with Crippen molar-refractivity contribution in [3.63, 3.8) is 0 Å². The summed E-state index contributed by atoms with van der Waals surface area (Å²) in [6, 6.07) is 24.5. The second-order valence-corrected chi connectivity index (χ2v) is 8.15. The van der Waals surface area contributed by atoms with Crippen molar-refractivity contribution in [2.75, 3.05) is 10.2 Å². The predicted molar refractivity (Wildman–Crippen MR) is 125 cm³/mol. The molecule has 1 aliphatic rings. The summed E-state index contributed by atoms with van der Waals surface area (Å²) >= 11 is 1.23. The van der Waals surface area contributed by atoms with Crippen molar-refractivity contribution in [2.45, 2.75) is 11.7 Å². The Kier molecular flexibility index (Phi) is 6.32. The smallest absolute Gasteiger partial charge is 0.335 e. The maximum Gasteiger partial charge on any atom is 0.335 e. The molecule has 8 heteroatoms. The third kappa shape index (κ3) is 4.87. The first-order valence-corrected chi connectivity index (χ1v) is 10.7. The molecular formula is C24H19N3O4S. The van der Waals surface area contributed by atoms with Gasteiger partial charge in [-0.05, 0) is 42.5 Å². The SMILES string of the molecule is O=C(C[C@@H]1SC(=Nc2ccccc2)N(c2ccccc2)C1=O)Nc1cccc(C(=O)O)c1. The van der Waals surface area contributed by atoms with E-state index in [1.54, 1.807) is 12.1 Å². The molecule has 0 spiro atoms. The number of carbonyl (C=O) groups excluding carboxylic acids is 2. The van der Waals surface area contributed by atoms with Crippen LogP contribution in [0.1, 0.15) is 16.8 Å². The van der Waals surface area contributed by atoms with E-state index >= 15 is 0 Å². The molecule has 2 N–H and O–H groups in total. The van der Waals surface area contributed by atoms with E-state index in [2.05, 4.69) is 10.3 Å². The highest BCUT2D eigenvalue weighted by atomic mass is 32.2. The number of nitrogens with zero attached hydrogens (tertiary/aromatic N) is 2. The Labute approximate surface area is 188 Å². The first kappa shape index (κ1) is 21.3. The van der Waals surface area contributed by atoms with Crippen LogP contribution in [-0.4, -0.2) is 33.3 Å². The Bertz CT molecular complexity index is 1180. The molecule has 32 heavy (non-hydrogen) atoms. The number of anilines is 2. The van der Waals surface area contributed by atoms with Crippen molar-refractivity contribution in [3.8, 4) is 0 Å². The molecule has 1 saturated heterocycles. The number of benzene rings is 3. The van der Waals surface area contributed by atoms with E-state index in [1.165, 1.54) is 28.8 Å². The van der Waals surface area contributed by atoms with E-state index < -0.39 is 11.2 Å². The van der Waals surface area contributed by atoms with Gasteiger partial charge in [0.1, 0.15) is 5.25 Å². The van der Waals surface area contributed by atoms with E-state index in [0.29, 0.717) is 22.2 Å². The molecule has 1 aliphatic heterocycles. The normalized spacial score (nSPS) is 16.9. The lowest BCUT2D eigenvalue weighted by Crippen LogP contribution is -2.33. The fourth-order valence-electron chi connectivity index (χ4n) is 3.21. The minimum atomic E-state index is -1.08. The van der Waals surface area contributed by atoms with Gasteiger partial charge in [-0.15, -0.1) is 0 Å². The zero-order valence-corrected chi connectivity index (χ0v) is 17.7. The lowest BCUT2D eigenvalue weighted by atomic mass is 10.2. The van der Waals surface area contributed by atoms with Gasteiger partial charge in [0.25, 0.3) is 0 Å². The second kappa shape index (κ2) is 9.49. The minimum Gasteiger partial charge on any atom is -0.478 e. The minimum absolute atomic E-state index is 0.0710. The molecule has 0 aromatic heterocycles. The summed E-state index contributed by atoms with van der Waals surface area (Å²) in [5, 5.41) is 11.6. The number of carbonyl (C=O) groups is 3. The van der Waals surface area contributed by atoms with Crippen LogP contribution in [0.3, 0.4) is 0 Å². The summed E-state index contributed by atoms with van der Waals surface area (Å²) in [4.78, 5) is 43.1. The molecule has 1 heterocycles. The Morgan fingerprint density at radius 2 is 1.66 bits per heavy atom. The first-order chi connectivity index (χ1) is 15.5. The number of rotatable bonds is 6. The molecule has 1 atom stereocenters. The van der Waals surface area contributed by atoms with Crippen LogP contribution in [0.2, 0.25) is 0 Å². The van der Waals surface area contributed by atoms with Crippen molar-refractivity contribution < 1.29 is 19.5 Å². The zero-order chi connectivity index (χ0) is 22.5. The number of carboxylic acid groups (broad SMARTS) is 1. The molecule has 2 amide bonds. The monoisotopic (exact) mass is 445 g/mol. The molecule has 0 aliphatic carbocycles. The third-order valence-corrected chi connectivity index (χ3v) is 5.83. The highest BCUT2D eigenvalue weighted by molar-refractivity contribution is 8.16. The molecule has 4 rings (SSSR count). The highest BCUT2D eigenvalue weighted by Crippen LogP contribution is 2.35. The topological polar surface area (TPSA) is 99.1 Å². The predicted octanol–water partition coefficient (Wildman–Crippen LogP) is 4.55. The summed E-state index contributed by atoms with van der Waals surface area (Å²) < 4.78 is 0. The summed E-state index contributed by atoms with van der Waals surface area (Å²) in [6.45, 7) is 0. The molecule has 0 bridgehead atoms. The number of aromatic carboxylic acids is 1. The number of carboxylic acids is 1. The van der Waals surface area contributed by atoms with E-state index in [0.717, 1.165) is 0 Å². The van der Waals surface area contributed by atoms with Crippen molar-refractivity contribution in [1.82, 2.24) is 0 Å². The molecule has 7 nitrogen and oxygen atoms in total. The fraction of sp³-hybridized carbons (Fsp3) is 0.0833. The molecule has 0 saturated carbocycles. The maximum absolute atomic E-state index is 13.2. The number of amidine groups is 1. The number of thioether (sulfide) groups is 1. The second-order valence-electron chi connectivity index (χ2n) is 6.98. The first-order valence-electron chi connectivity index (χ1n) is 9.84. The van der Waals surface area contributed by atoms with E-state index in [9.17, 15) is 14.4 Å². The number of para-hydroxylation sites is 2. The van der Waals surface area contributed by atoms with Crippen LogP contribution >= 0.6 is 11.8 Å². The molecule has 0 unspecified atom stereocenters. The molecule has 3 aromatic rings. The van der Waals surface area contributed by atoms with Crippen LogP contribution in [0, 0.1) is 0 Å². The van der Waals surface area contributed by atoms with Crippen LogP contribution in [-0.2, 0) is 9.59 Å². The van der Waals surface area contributed by atoms with Gasteiger partial charge in [-0.25, -0.2) is 9.79 Å². The fourth-order valence-corrected chi connectivity index (χ4v) is 4.37. The van der Waals surface area contributed by atoms with Gasteiger partial charge in [0, 0.05) is 12.1 Å². The third-order valence-electron chi connectivity index (χ3n) is 4.69. The Morgan fingerprint density at radius 1 is 0.969 bits per heavy atom. The summed E-state index contributed by atoms with van der Waals surface area (Å²) in [5.74, 6) is -1.69. The quantitative estimate of drug-likeness (QED) is 0.580. The van der Waals surface area contributed by atoms with Crippen LogP contribution in [0.4, 0.5) is 17.1 Å². The largest absolute Gasteiger partial charge is 0.478 e. The van der Waals surface area contributed by atoms with Crippen molar-refractivity contribution >= 4 is 51.8 Å². The highest BCUT2D eigenvalue weighted by Gasteiger charge is 2.40. The zero-order valence-electron chi connectivity index (χ0n) is 16.8. The molecule has 0 radical (unpaired) electrons. The van der Waals surface area contributed by atoms with Crippen molar-refractivity contribution in [3.05, 3.63) is 90.5 Å². The Hall–Kier alpha value is -3.91. The lowest BCUT2D eigenvalue weighted by molar-refractivity contribution is -0.121. The van der Waals surface area contributed by atoms with Gasteiger partial charge in [-0.2, -0.15) is 0 Å². The van der Waals surface area contributed by atoms with Crippen molar-refractivity contribution in [1.29, 1.82) is 0 Å². The average molecular weight is 446 g/mol. The van der Waals surface area contributed by atoms with Gasteiger partial charge in [-0.1, -0.05) is 54.2 Å². The lowest BCUT2D eigenvalue weighted by Gasteiger charge is -2.16. The van der Waals surface area contributed by atoms with Crippen LogP contribution in [0.15, 0.2) is 89.9 Å². The van der Waals surface area contributed by atoms with Gasteiger partial charge in [0.15, 0.2) is 5.17 Å². The van der Waals surface area contributed by atoms with Crippen LogP contribution in [0.5, 0.6) is 0 Å². The summed E-state index contributed by atoms with van der Waals surface area (Å²) in [7, 11) is 0. The Morgan fingerprint density at radius 3 is 2.34 bits per heavy atom. The molecule has 1 fully saturated rings. The van der Waals surface area contributed by atoms with Crippen molar-refractivity contribution in [2.24, 2.45) is 4.99 Å². The molecule has 160 valence electrons. The van der Waals surface area contributed by atoms with E-state index in [-0.39, 0.29) is 23.8 Å². The van der Waals surface area contributed by atoms with Crippen LogP contribution < -0.4 is 10.2 Å². The van der Waals surface area contributed by atoms with Gasteiger partial charge < -0.3 is 10.4 Å². The number of aliphatic imine (C=N–C) groups is 1. The summed E-state index contributed by atoms with van der Waals surface area (Å²) in [6.07, 6.45) is -0.0715. The van der Waals surface area contributed by atoms with Crippen LogP contribution in [0.25, 0.3) is 0 Å². The van der Waals surface area contributed by atoms with Gasteiger partial charge in [0.2, 0.25) is 11.8 Å². The van der Waals surface area contributed by atoms with Gasteiger partial charge in [0.05, 0.1) is 16.9 Å². The standard InChI is InChI=1S/C24H19N3O4S/c28-21(25-18-11-7-8-16(14-18)23(30)31)15-20-22(29)27(19-12-5-2-6-13-19)24(32-20)26-17-9-3-1-4-10-17/h1-14,20H,15H2,(H,25,28)(H,30,31)/t20-/m0/s1. The van der Waals surface area contributed by atoms with E-state index in [4.69, 9.17) is 5.11 Å². The molecule has 3 aromatic carbocycles. The Balaban J connectivity index is 1.55. The van der Waals surface area contributed by atoms with Gasteiger partial charge in [-0.3, -0.25) is 14.5 Å². The maximum atomic E-state index is 13.2. The number of hydrogen-bond donors (Lipinski definition) is 2. The van der Waals surface area contributed by atoms with E-state index in [1.807, 2.05) is 60.7 Å². The summed E-state index contributed by atoms with van der Waals surface area (Å²) in [5.41, 5.74) is 1.82. The number of hydrogen-bond acceptors (Lipinski definition) is 5. The average Bonchev–Trinajstić information content (AvgIpc) is 3.09.